The van der Waals surface area contributed by atoms with Crippen molar-refractivity contribution in [1.29, 1.82) is 0 Å². The van der Waals surface area contributed by atoms with E-state index >= 15 is 0 Å². The van der Waals surface area contributed by atoms with E-state index in [9.17, 15) is 4.79 Å². The number of rotatable bonds is 1. The number of carbonyl (C=O) groups excluding carboxylic acids is 1. The molecule has 0 bridgehead atoms. The molecule has 1 aliphatic rings. The third-order valence-electron chi connectivity index (χ3n) is 2.41. The topological polar surface area (TPSA) is 43.1 Å². The largest absolute Gasteiger partial charge is 0.366 e. The summed E-state index contributed by atoms with van der Waals surface area (Å²) in [7, 11) is 0. The first kappa shape index (κ1) is 7.35. The number of carbonyl (C=O) groups is 1. The summed E-state index contributed by atoms with van der Waals surface area (Å²) in [6.45, 7) is 0. The van der Waals surface area contributed by atoms with E-state index in [1.807, 2.05) is 12.1 Å². The number of hydrogen-bond acceptors (Lipinski definition) is 1. The lowest BCUT2D eigenvalue weighted by Gasteiger charge is -2.03. The number of hydrogen-bond donors (Lipinski definition) is 1. The lowest BCUT2D eigenvalue weighted by atomic mass is 10.0. The molecule has 0 aromatic heterocycles. The summed E-state index contributed by atoms with van der Waals surface area (Å²) in [4.78, 5) is 11.0. The SMILES string of the molecule is NC(=O)c1cccc2c1CCC2. The lowest BCUT2D eigenvalue weighted by molar-refractivity contribution is 0.0999. The van der Waals surface area contributed by atoms with E-state index in [0.29, 0.717) is 5.56 Å². The van der Waals surface area contributed by atoms with Gasteiger partial charge in [-0.05, 0) is 36.5 Å². The monoisotopic (exact) mass is 161 g/mol. The number of aryl methyl sites for hydroxylation is 1. The van der Waals surface area contributed by atoms with Gasteiger partial charge < -0.3 is 5.73 Å². The van der Waals surface area contributed by atoms with Gasteiger partial charge in [0.25, 0.3) is 0 Å². The Morgan fingerprint density at radius 1 is 1.33 bits per heavy atom. The minimum Gasteiger partial charge on any atom is -0.366 e. The molecular formula is C10H11NO. The van der Waals surface area contributed by atoms with Crippen molar-refractivity contribution in [3.8, 4) is 0 Å². The van der Waals surface area contributed by atoms with Crippen LogP contribution in [0.4, 0.5) is 0 Å². The highest BCUT2D eigenvalue weighted by Crippen LogP contribution is 2.24. The Labute approximate surface area is 71.4 Å². The molecule has 1 aromatic rings. The summed E-state index contributed by atoms with van der Waals surface area (Å²) in [6, 6.07) is 5.80. The van der Waals surface area contributed by atoms with Crippen molar-refractivity contribution in [2.24, 2.45) is 5.73 Å². The Hall–Kier alpha value is -1.31. The second-order valence-corrected chi connectivity index (χ2v) is 3.16. The summed E-state index contributed by atoms with van der Waals surface area (Å²) < 4.78 is 0. The van der Waals surface area contributed by atoms with Gasteiger partial charge in [-0.3, -0.25) is 4.79 Å². The molecule has 1 aromatic carbocycles. The van der Waals surface area contributed by atoms with E-state index in [2.05, 4.69) is 6.07 Å². The molecule has 62 valence electrons. The number of amides is 1. The summed E-state index contributed by atoms with van der Waals surface area (Å²) in [6.07, 6.45) is 3.25. The summed E-state index contributed by atoms with van der Waals surface area (Å²) in [5, 5.41) is 0. The van der Waals surface area contributed by atoms with Crippen molar-refractivity contribution in [2.45, 2.75) is 19.3 Å². The fourth-order valence-corrected chi connectivity index (χ4v) is 1.85. The van der Waals surface area contributed by atoms with E-state index in [-0.39, 0.29) is 5.91 Å². The van der Waals surface area contributed by atoms with Crippen LogP contribution in [0.15, 0.2) is 18.2 Å². The quantitative estimate of drug-likeness (QED) is 0.662. The minimum atomic E-state index is -0.297. The van der Waals surface area contributed by atoms with Crippen LogP contribution in [-0.2, 0) is 12.8 Å². The number of fused-ring (bicyclic) bond motifs is 1. The Balaban J connectivity index is 2.56. The zero-order chi connectivity index (χ0) is 8.55. The highest BCUT2D eigenvalue weighted by molar-refractivity contribution is 5.94. The smallest absolute Gasteiger partial charge is 0.248 e. The van der Waals surface area contributed by atoms with Gasteiger partial charge in [-0.25, -0.2) is 0 Å². The second-order valence-electron chi connectivity index (χ2n) is 3.16. The van der Waals surface area contributed by atoms with Crippen LogP contribution in [0.25, 0.3) is 0 Å². The normalized spacial score (nSPS) is 14.3. The highest BCUT2D eigenvalue weighted by Gasteiger charge is 2.16. The van der Waals surface area contributed by atoms with Crippen LogP contribution in [-0.4, -0.2) is 5.91 Å². The molecule has 0 heterocycles. The van der Waals surface area contributed by atoms with Crippen molar-refractivity contribution >= 4 is 5.91 Å². The third kappa shape index (κ3) is 0.998. The van der Waals surface area contributed by atoms with Crippen LogP contribution in [0.2, 0.25) is 0 Å². The molecule has 0 radical (unpaired) electrons. The summed E-state index contributed by atoms with van der Waals surface area (Å²) >= 11 is 0. The average Bonchev–Trinajstić information content (AvgIpc) is 2.49. The van der Waals surface area contributed by atoms with E-state index < -0.39 is 0 Å². The molecule has 0 saturated carbocycles. The predicted octanol–water partition coefficient (Wildman–Crippen LogP) is 1.27. The van der Waals surface area contributed by atoms with Crippen LogP contribution < -0.4 is 5.73 Å². The van der Waals surface area contributed by atoms with Gasteiger partial charge in [0.15, 0.2) is 0 Å². The van der Waals surface area contributed by atoms with Gasteiger partial charge in [0, 0.05) is 5.56 Å². The predicted molar refractivity (Wildman–Crippen MR) is 47.0 cm³/mol. The Bertz CT molecular complexity index is 331. The first-order valence-electron chi connectivity index (χ1n) is 4.19. The molecule has 2 nitrogen and oxygen atoms in total. The van der Waals surface area contributed by atoms with Crippen LogP contribution in [0.5, 0.6) is 0 Å². The van der Waals surface area contributed by atoms with Crippen LogP contribution in [0.1, 0.15) is 27.9 Å². The molecule has 0 atom stereocenters. The van der Waals surface area contributed by atoms with Gasteiger partial charge in [-0.1, -0.05) is 12.1 Å². The van der Waals surface area contributed by atoms with E-state index in [4.69, 9.17) is 5.73 Å². The fraction of sp³-hybridized carbons (Fsp3) is 0.300. The molecular weight excluding hydrogens is 150 g/mol. The zero-order valence-corrected chi connectivity index (χ0v) is 6.84. The molecule has 0 spiro atoms. The molecule has 0 aliphatic heterocycles. The summed E-state index contributed by atoms with van der Waals surface area (Å²) in [5.74, 6) is -0.297. The molecule has 0 unspecified atom stereocenters. The minimum absolute atomic E-state index is 0.297. The van der Waals surface area contributed by atoms with Gasteiger partial charge in [-0.2, -0.15) is 0 Å². The van der Waals surface area contributed by atoms with E-state index in [1.54, 1.807) is 0 Å². The standard InChI is InChI=1S/C10H11NO/c11-10(12)9-6-2-4-7-3-1-5-8(7)9/h2,4,6H,1,3,5H2,(H2,11,12). The summed E-state index contributed by atoms with van der Waals surface area (Å²) in [5.41, 5.74) is 8.43. The van der Waals surface area contributed by atoms with Crippen molar-refractivity contribution in [3.05, 3.63) is 34.9 Å². The number of benzene rings is 1. The third-order valence-corrected chi connectivity index (χ3v) is 2.41. The highest BCUT2D eigenvalue weighted by atomic mass is 16.1. The Kier molecular flexibility index (Phi) is 1.61. The van der Waals surface area contributed by atoms with Crippen LogP contribution in [0.3, 0.4) is 0 Å². The molecule has 0 fully saturated rings. The van der Waals surface area contributed by atoms with Gasteiger partial charge >= 0.3 is 0 Å². The number of primary amides is 1. The zero-order valence-electron chi connectivity index (χ0n) is 6.84. The van der Waals surface area contributed by atoms with E-state index in [1.165, 1.54) is 11.1 Å². The number of nitrogens with two attached hydrogens (primary N) is 1. The van der Waals surface area contributed by atoms with Gasteiger partial charge in [0.1, 0.15) is 0 Å². The lowest BCUT2D eigenvalue weighted by Crippen LogP contribution is -2.13. The maximum atomic E-state index is 11.0. The molecule has 1 aliphatic carbocycles. The van der Waals surface area contributed by atoms with E-state index in [0.717, 1.165) is 19.3 Å². The van der Waals surface area contributed by atoms with Gasteiger partial charge in [-0.15, -0.1) is 0 Å². The molecule has 12 heavy (non-hydrogen) atoms. The van der Waals surface area contributed by atoms with Crippen molar-refractivity contribution in [3.63, 3.8) is 0 Å². The van der Waals surface area contributed by atoms with Crippen LogP contribution in [0, 0.1) is 0 Å². The first-order chi connectivity index (χ1) is 5.79. The average molecular weight is 161 g/mol. The first-order valence-corrected chi connectivity index (χ1v) is 4.19. The Morgan fingerprint density at radius 2 is 2.17 bits per heavy atom. The maximum absolute atomic E-state index is 11.0. The molecule has 2 N–H and O–H groups in total. The maximum Gasteiger partial charge on any atom is 0.248 e. The second kappa shape index (κ2) is 2.63. The van der Waals surface area contributed by atoms with Crippen LogP contribution >= 0.6 is 0 Å². The molecule has 1 amide bonds. The molecule has 0 saturated heterocycles. The van der Waals surface area contributed by atoms with Crippen molar-refractivity contribution < 1.29 is 4.79 Å². The molecule has 2 rings (SSSR count). The fourth-order valence-electron chi connectivity index (χ4n) is 1.85. The van der Waals surface area contributed by atoms with Crippen molar-refractivity contribution in [1.82, 2.24) is 0 Å². The molecule has 2 heteroatoms. The Morgan fingerprint density at radius 3 is 2.92 bits per heavy atom. The van der Waals surface area contributed by atoms with Gasteiger partial charge in [0.2, 0.25) is 5.91 Å². The van der Waals surface area contributed by atoms with Crippen molar-refractivity contribution in [2.75, 3.05) is 0 Å². The van der Waals surface area contributed by atoms with Gasteiger partial charge in [0.05, 0.1) is 0 Å².